The standard InChI is InChI=1S/C33H30N2O5/c1-23-9-13-28(14-10-23)35-33(36)27(20-34)17-25-11-15-29(31(18-25)37-2)40-22-26-12-16-30(32(19-26)38-3)39-21-24-7-5-4-6-8-24/h4-19H,21-22H2,1-3H3,(H,35,36)/b27-17-. The van der Waals surface area contributed by atoms with Gasteiger partial charge in [-0.25, -0.2) is 0 Å². The summed E-state index contributed by atoms with van der Waals surface area (Å²) in [6.45, 7) is 2.66. The van der Waals surface area contributed by atoms with E-state index in [2.05, 4.69) is 5.32 Å². The third-order valence-corrected chi connectivity index (χ3v) is 6.03. The minimum atomic E-state index is -0.490. The number of nitrogens with zero attached hydrogens (tertiary/aromatic N) is 1. The SMILES string of the molecule is COc1cc(/C=C(/C#N)C(=O)Nc2ccc(C)cc2)ccc1OCc1ccc(OCc2ccccc2)c(OC)c1. The van der Waals surface area contributed by atoms with E-state index in [-0.39, 0.29) is 12.2 Å². The lowest BCUT2D eigenvalue weighted by Crippen LogP contribution is -2.13. The molecule has 0 aliphatic heterocycles. The zero-order valence-electron chi connectivity index (χ0n) is 22.6. The van der Waals surface area contributed by atoms with Gasteiger partial charge in [-0.1, -0.05) is 60.2 Å². The average molecular weight is 535 g/mol. The highest BCUT2D eigenvalue weighted by Gasteiger charge is 2.12. The molecule has 7 nitrogen and oxygen atoms in total. The number of aryl methyl sites for hydroxylation is 1. The molecule has 0 bridgehead atoms. The van der Waals surface area contributed by atoms with Gasteiger partial charge in [-0.05, 0) is 66.1 Å². The molecule has 202 valence electrons. The van der Waals surface area contributed by atoms with Gasteiger partial charge in [-0.3, -0.25) is 4.79 Å². The summed E-state index contributed by atoms with van der Waals surface area (Å²) in [5.74, 6) is 1.75. The lowest BCUT2D eigenvalue weighted by atomic mass is 10.1. The van der Waals surface area contributed by atoms with Gasteiger partial charge in [0.1, 0.15) is 24.9 Å². The van der Waals surface area contributed by atoms with Crippen LogP contribution in [0.15, 0.2) is 96.6 Å². The van der Waals surface area contributed by atoms with E-state index in [0.29, 0.717) is 40.9 Å². The number of carbonyl (C=O) groups excluding carboxylic acids is 1. The van der Waals surface area contributed by atoms with Crippen molar-refractivity contribution in [3.8, 4) is 29.1 Å². The fourth-order valence-electron chi connectivity index (χ4n) is 3.86. The largest absolute Gasteiger partial charge is 0.493 e. The first kappa shape index (κ1) is 27.8. The minimum absolute atomic E-state index is 0.0297. The van der Waals surface area contributed by atoms with E-state index in [0.717, 1.165) is 16.7 Å². The van der Waals surface area contributed by atoms with E-state index >= 15 is 0 Å². The number of amides is 1. The van der Waals surface area contributed by atoms with Crippen molar-refractivity contribution in [3.05, 3.63) is 119 Å². The zero-order valence-corrected chi connectivity index (χ0v) is 22.6. The number of anilines is 1. The molecule has 7 heteroatoms. The van der Waals surface area contributed by atoms with Crippen molar-refractivity contribution < 1.29 is 23.7 Å². The smallest absolute Gasteiger partial charge is 0.266 e. The van der Waals surface area contributed by atoms with Gasteiger partial charge in [0.2, 0.25) is 0 Å². The summed E-state index contributed by atoms with van der Waals surface area (Å²) in [5.41, 5.74) is 4.24. The maximum Gasteiger partial charge on any atom is 0.266 e. The van der Waals surface area contributed by atoms with Gasteiger partial charge in [-0.2, -0.15) is 5.26 Å². The number of hydrogen-bond acceptors (Lipinski definition) is 6. The predicted molar refractivity (Wildman–Crippen MR) is 154 cm³/mol. The van der Waals surface area contributed by atoms with Crippen LogP contribution in [-0.4, -0.2) is 20.1 Å². The lowest BCUT2D eigenvalue weighted by molar-refractivity contribution is -0.112. The molecule has 0 unspecified atom stereocenters. The van der Waals surface area contributed by atoms with Crippen molar-refractivity contribution >= 4 is 17.7 Å². The highest BCUT2D eigenvalue weighted by atomic mass is 16.5. The molecule has 4 aromatic carbocycles. The van der Waals surface area contributed by atoms with E-state index < -0.39 is 5.91 Å². The van der Waals surface area contributed by atoms with Crippen molar-refractivity contribution in [2.45, 2.75) is 20.1 Å². The fourth-order valence-corrected chi connectivity index (χ4v) is 3.86. The number of benzene rings is 4. The Bertz CT molecular complexity index is 1520. The van der Waals surface area contributed by atoms with E-state index in [1.807, 2.05) is 73.7 Å². The van der Waals surface area contributed by atoms with Crippen LogP contribution in [0.2, 0.25) is 0 Å². The van der Waals surface area contributed by atoms with Crippen molar-refractivity contribution in [3.63, 3.8) is 0 Å². The van der Waals surface area contributed by atoms with Crippen LogP contribution in [0, 0.1) is 18.3 Å². The highest BCUT2D eigenvalue weighted by molar-refractivity contribution is 6.09. The van der Waals surface area contributed by atoms with Crippen LogP contribution in [0.1, 0.15) is 22.3 Å². The highest BCUT2D eigenvalue weighted by Crippen LogP contribution is 2.32. The molecule has 40 heavy (non-hydrogen) atoms. The molecule has 1 amide bonds. The normalized spacial score (nSPS) is 10.8. The number of methoxy groups -OCH3 is 2. The summed E-state index contributed by atoms with van der Waals surface area (Å²) in [6.07, 6.45) is 1.51. The lowest BCUT2D eigenvalue weighted by Gasteiger charge is -2.14. The summed E-state index contributed by atoms with van der Waals surface area (Å²) < 4.78 is 23.0. The molecular formula is C33H30N2O5. The topological polar surface area (TPSA) is 89.8 Å². The van der Waals surface area contributed by atoms with E-state index in [9.17, 15) is 10.1 Å². The number of rotatable bonds is 11. The quantitative estimate of drug-likeness (QED) is 0.170. The Hall–Kier alpha value is -5.22. The number of nitrogens with one attached hydrogen (secondary N) is 1. The first-order chi connectivity index (χ1) is 19.5. The maximum atomic E-state index is 12.6. The van der Waals surface area contributed by atoms with Crippen LogP contribution in [0.3, 0.4) is 0 Å². The van der Waals surface area contributed by atoms with Crippen molar-refractivity contribution in [2.75, 3.05) is 19.5 Å². The second-order valence-corrected chi connectivity index (χ2v) is 8.95. The van der Waals surface area contributed by atoms with Gasteiger partial charge in [0.15, 0.2) is 23.0 Å². The van der Waals surface area contributed by atoms with Gasteiger partial charge < -0.3 is 24.3 Å². The number of ether oxygens (including phenoxy) is 4. The molecule has 0 saturated heterocycles. The number of carbonyl (C=O) groups is 1. The van der Waals surface area contributed by atoms with Gasteiger partial charge >= 0.3 is 0 Å². The van der Waals surface area contributed by atoms with Crippen molar-refractivity contribution in [1.82, 2.24) is 0 Å². The monoisotopic (exact) mass is 534 g/mol. The predicted octanol–water partition coefficient (Wildman–Crippen LogP) is 6.72. The molecule has 0 saturated carbocycles. The molecule has 0 aromatic heterocycles. The van der Waals surface area contributed by atoms with Gasteiger partial charge in [-0.15, -0.1) is 0 Å². The molecule has 0 spiro atoms. The summed E-state index contributed by atoms with van der Waals surface area (Å²) in [7, 11) is 3.13. The summed E-state index contributed by atoms with van der Waals surface area (Å²) in [5, 5.41) is 12.3. The average Bonchev–Trinajstić information content (AvgIpc) is 2.99. The Morgan fingerprint density at radius 1 is 0.775 bits per heavy atom. The Labute approximate surface area is 234 Å². The van der Waals surface area contributed by atoms with Gasteiger partial charge in [0, 0.05) is 5.69 Å². The second-order valence-electron chi connectivity index (χ2n) is 8.95. The molecule has 4 rings (SSSR count). The Morgan fingerprint density at radius 3 is 2.05 bits per heavy atom. The molecule has 0 fully saturated rings. The van der Waals surface area contributed by atoms with Gasteiger partial charge in [0.05, 0.1) is 14.2 Å². The van der Waals surface area contributed by atoms with Crippen LogP contribution in [0.5, 0.6) is 23.0 Å². The first-order valence-corrected chi connectivity index (χ1v) is 12.6. The van der Waals surface area contributed by atoms with Crippen LogP contribution >= 0.6 is 0 Å². The number of nitriles is 1. The van der Waals surface area contributed by atoms with Gasteiger partial charge in [0.25, 0.3) is 5.91 Å². The molecule has 0 aliphatic carbocycles. The third kappa shape index (κ3) is 7.42. The molecule has 4 aromatic rings. The first-order valence-electron chi connectivity index (χ1n) is 12.6. The molecule has 0 aliphatic rings. The molecule has 0 atom stereocenters. The fraction of sp³-hybridized carbons (Fsp3) is 0.152. The summed E-state index contributed by atoms with van der Waals surface area (Å²) in [6, 6.07) is 30.1. The molecule has 0 heterocycles. The number of hydrogen-bond donors (Lipinski definition) is 1. The van der Waals surface area contributed by atoms with E-state index in [4.69, 9.17) is 18.9 Å². The van der Waals surface area contributed by atoms with Crippen LogP contribution in [0.25, 0.3) is 6.08 Å². The Kier molecular flexibility index (Phi) is 9.41. The molecular weight excluding hydrogens is 504 g/mol. The van der Waals surface area contributed by atoms with Crippen LogP contribution in [-0.2, 0) is 18.0 Å². The third-order valence-electron chi connectivity index (χ3n) is 6.03. The van der Waals surface area contributed by atoms with Crippen molar-refractivity contribution in [2.24, 2.45) is 0 Å². The molecule has 0 radical (unpaired) electrons. The van der Waals surface area contributed by atoms with Crippen LogP contribution < -0.4 is 24.3 Å². The second kappa shape index (κ2) is 13.5. The minimum Gasteiger partial charge on any atom is -0.493 e. The Morgan fingerprint density at radius 2 is 1.40 bits per heavy atom. The maximum absolute atomic E-state index is 12.6. The molecule has 1 N–H and O–H groups in total. The van der Waals surface area contributed by atoms with E-state index in [1.165, 1.54) is 13.2 Å². The Balaban J connectivity index is 1.42. The summed E-state index contributed by atoms with van der Waals surface area (Å²) >= 11 is 0. The zero-order chi connectivity index (χ0) is 28.3. The van der Waals surface area contributed by atoms with Crippen LogP contribution in [0.4, 0.5) is 5.69 Å². The van der Waals surface area contributed by atoms with E-state index in [1.54, 1.807) is 37.4 Å². The van der Waals surface area contributed by atoms with Crippen molar-refractivity contribution in [1.29, 1.82) is 5.26 Å². The summed E-state index contributed by atoms with van der Waals surface area (Å²) in [4.78, 5) is 12.6.